The summed E-state index contributed by atoms with van der Waals surface area (Å²) in [5.41, 5.74) is 1.36. The fraction of sp³-hybridized carbons (Fsp3) is 0.548. The van der Waals surface area contributed by atoms with Gasteiger partial charge in [0, 0.05) is 6.07 Å². The molecule has 0 saturated carbocycles. The van der Waals surface area contributed by atoms with Crippen LogP contribution in [0.2, 0.25) is 0 Å². The van der Waals surface area contributed by atoms with E-state index in [2.05, 4.69) is 13.8 Å². The van der Waals surface area contributed by atoms with Crippen LogP contribution in [0.1, 0.15) is 117 Å². The van der Waals surface area contributed by atoms with Gasteiger partial charge in [0.05, 0.1) is 24.3 Å². The average Bonchev–Trinajstić information content (AvgIpc) is 2.90. The van der Waals surface area contributed by atoms with Crippen molar-refractivity contribution in [3.8, 4) is 11.5 Å². The fourth-order valence-corrected chi connectivity index (χ4v) is 3.69. The minimum atomic E-state index is -0.444. The molecule has 0 saturated heterocycles. The number of carbonyl (C=O) groups excluding carboxylic acids is 2. The predicted molar refractivity (Wildman–Crippen MR) is 163 cm³/mol. The molecule has 222 valence electrons. The van der Waals surface area contributed by atoms with Crippen LogP contribution < -0.4 is 0 Å². The van der Waals surface area contributed by atoms with Gasteiger partial charge in [-0.1, -0.05) is 96.3 Å². The summed E-state index contributed by atoms with van der Waals surface area (Å²) in [4.78, 5) is 24.7. The van der Waals surface area contributed by atoms with Gasteiger partial charge in [0.2, 0.25) is 0 Å². The lowest BCUT2D eigenvalue weighted by molar-refractivity contribution is 0.0450. The Kier molecular flexibility index (Phi) is 24.4. The summed E-state index contributed by atoms with van der Waals surface area (Å²) in [5.74, 6) is -0.658. The van der Waals surface area contributed by atoms with Gasteiger partial charge in [-0.25, -0.2) is 9.59 Å². The molecule has 0 fully saturated rings. The van der Waals surface area contributed by atoms with Crippen LogP contribution in [0.4, 0.5) is 0 Å². The molecule has 0 amide bonds. The highest BCUT2D eigenvalue weighted by molar-refractivity contribution is 6.03. The minimum absolute atomic E-state index is 0. The highest BCUT2D eigenvalue weighted by atomic mass is 35.5. The number of esters is 2. The summed E-state index contributed by atoms with van der Waals surface area (Å²) in [6.07, 6.45) is 13.6. The van der Waals surface area contributed by atoms with E-state index in [-0.39, 0.29) is 36.3 Å². The Bertz CT molecular complexity index is 871. The van der Waals surface area contributed by atoms with Crippen molar-refractivity contribution in [2.24, 2.45) is 0 Å². The lowest BCUT2D eigenvalue weighted by atomic mass is 10.1. The number of halogens is 2. The molecule has 0 aliphatic heterocycles. The zero-order valence-corrected chi connectivity index (χ0v) is 25.4. The first kappa shape index (κ1) is 38.7. The van der Waals surface area contributed by atoms with Crippen LogP contribution in [-0.2, 0) is 9.47 Å². The molecule has 2 N–H and O–H groups in total. The molecule has 0 radical (unpaired) electrons. The van der Waals surface area contributed by atoms with Crippen molar-refractivity contribution < 1.29 is 29.3 Å². The zero-order chi connectivity index (χ0) is 27.3. The maximum atomic E-state index is 12.4. The predicted octanol–water partition coefficient (Wildman–Crippen LogP) is 8.97. The second kappa shape index (κ2) is 24.6. The molecule has 0 bridgehead atoms. The first-order valence-corrected chi connectivity index (χ1v) is 13.8. The molecule has 0 atom stereocenters. The van der Waals surface area contributed by atoms with E-state index in [9.17, 15) is 9.59 Å². The number of carbonyl (C=O) groups is 2. The molecule has 8 heteroatoms. The number of phenols is 2. The van der Waals surface area contributed by atoms with Crippen LogP contribution in [0.3, 0.4) is 0 Å². The van der Waals surface area contributed by atoms with E-state index in [0.717, 1.165) is 31.2 Å². The first-order chi connectivity index (χ1) is 17.9. The standard InChI is InChI=1S/C24H38O4.C7H8O2.2ClH/c1-3-5-7-9-11-15-19-27-23(25)21-17-13-14-18-22(21)24(26)28-20-16-12-10-8-6-4-2;1-5-2-3-6(8)4-7(5)9;;/h13-14,17-18H,3-12,15-16,19-20H2,1-2H3;2-4,8-9H,1H3;2*1H. The van der Waals surface area contributed by atoms with Gasteiger partial charge in [0.25, 0.3) is 0 Å². The minimum Gasteiger partial charge on any atom is -0.508 e. The Balaban J connectivity index is 0. The van der Waals surface area contributed by atoms with E-state index in [1.165, 1.54) is 63.5 Å². The second-order valence-electron chi connectivity index (χ2n) is 9.32. The summed E-state index contributed by atoms with van der Waals surface area (Å²) in [5, 5.41) is 17.7. The lowest BCUT2D eigenvalue weighted by Crippen LogP contribution is -2.15. The van der Waals surface area contributed by atoms with Crippen molar-refractivity contribution in [1.82, 2.24) is 0 Å². The van der Waals surface area contributed by atoms with Gasteiger partial charge in [0.1, 0.15) is 11.5 Å². The molecule has 0 heterocycles. The largest absolute Gasteiger partial charge is 0.508 e. The van der Waals surface area contributed by atoms with E-state index in [1.54, 1.807) is 37.3 Å². The summed E-state index contributed by atoms with van der Waals surface area (Å²) in [6.45, 7) is 6.95. The van der Waals surface area contributed by atoms with Crippen molar-refractivity contribution in [1.29, 1.82) is 0 Å². The summed E-state index contributed by atoms with van der Waals surface area (Å²) in [7, 11) is 0. The van der Waals surface area contributed by atoms with Crippen molar-refractivity contribution in [3.63, 3.8) is 0 Å². The van der Waals surface area contributed by atoms with Crippen LogP contribution >= 0.6 is 24.8 Å². The van der Waals surface area contributed by atoms with E-state index in [0.29, 0.717) is 24.3 Å². The third-order valence-electron chi connectivity index (χ3n) is 6.02. The van der Waals surface area contributed by atoms with Crippen LogP contribution in [0.15, 0.2) is 42.5 Å². The van der Waals surface area contributed by atoms with Gasteiger partial charge in [-0.2, -0.15) is 0 Å². The van der Waals surface area contributed by atoms with E-state index >= 15 is 0 Å². The molecule has 0 spiro atoms. The molecule has 0 unspecified atom stereocenters. The van der Waals surface area contributed by atoms with E-state index in [1.807, 2.05) is 0 Å². The van der Waals surface area contributed by atoms with Crippen LogP contribution in [0.5, 0.6) is 11.5 Å². The Morgan fingerprint density at radius 3 is 1.44 bits per heavy atom. The maximum absolute atomic E-state index is 12.4. The highest BCUT2D eigenvalue weighted by Gasteiger charge is 2.18. The third-order valence-corrected chi connectivity index (χ3v) is 6.02. The zero-order valence-electron chi connectivity index (χ0n) is 23.8. The summed E-state index contributed by atoms with van der Waals surface area (Å²) < 4.78 is 10.7. The molecule has 2 aromatic rings. The number of benzene rings is 2. The van der Waals surface area contributed by atoms with Crippen molar-refractivity contribution >= 4 is 36.8 Å². The molecule has 0 aliphatic rings. The number of aryl methyl sites for hydroxylation is 1. The summed E-state index contributed by atoms with van der Waals surface area (Å²) in [6, 6.07) is 11.3. The van der Waals surface area contributed by atoms with Crippen LogP contribution in [0, 0.1) is 6.92 Å². The van der Waals surface area contributed by atoms with E-state index in [4.69, 9.17) is 19.7 Å². The Labute approximate surface area is 247 Å². The molecule has 0 aliphatic carbocycles. The van der Waals surface area contributed by atoms with E-state index < -0.39 is 11.9 Å². The Morgan fingerprint density at radius 1 is 0.641 bits per heavy atom. The summed E-state index contributed by atoms with van der Waals surface area (Å²) >= 11 is 0. The van der Waals surface area contributed by atoms with Crippen molar-refractivity contribution in [3.05, 3.63) is 59.2 Å². The normalized spacial score (nSPS) is 9.82. The topological polar surface area (TPSA) is 93.1 Å². The Morgan fingerprint density at radius 2 is 1.05 bits per heavy atom. The average molecular weight is 588 g/mol. The van der Waals surface area contributed by atoms with Gasteiger partial charge < -0.3 is 19.7 Å². The van der Waals surface area contributed by atoms with Gasteiger partial charge in [-0.15, -0.1) is 24.8 Å². The smallest absolute Gasteiger partial charge is 0.339 e. The van der Waals surface area contributed by atoms with Gasteiger partial charge in [-0.3, -0.25) is 0 Å². The third kappa shape index (κ3) is 17.7. The lowest BCUT2D eigenvalue weighted by Gasteiger charge is -2.10. The van der Waals surface area contributed by atoms with Gasteiger partial charge >= 0.3 is 11.9 Å². The van der Waals surface area contributed by atoms with Gasteiger partial charge in [0.15, 0.2) is 0 Å². The number of phenolic OH excluding ortho intramolecular Hbond substituents is 2. The SMILES string of the molecule is CCCCCCCCOC(=O)c1ccccc1C(=O)OCCCCCCCC.Cc1ccc(O)cc1O.Cl.Cl. The highest BCUT2D eigenvalue weighted by Crippen LogP contribution is 2.20. The number of hydrogen-bond donors (Lipinski definition) is 2. The molecule has 0 aromatic heterocycles. The number of rotatable bonds is 16. The second-order valence-corrected chi connectivity index (χ2v) is 9.32. The van der Waals surface area contributed by atoms with Crippen LogP contribution in [-0.4, -0.2) is 35.4 Å². The number of aromatic hydroxyl groups is 2. The molecule has 2 aromatic carbocycles. The fourth-order valence-electron chi connectivity index (χ4n) is 3.69. The molecular weight excluding hydrogens is 539 g/mol. The number of ether oxygens (including phenoxy) is 2. The first-order valence-electron chi connectivity index (χ1n) is 13.8. The molecule has 2 rings (SSSR count). The number of unbranched alkanes of at least 4 members (excludes halogenated alkanes) is 10. The van der Waals surface area contributed by atoms with Crippen molar-refractivity contribution in [2.75, 3.05) is 13.2 Å². The number of hydrogen-bond acceptors (Lipinski definition) is 6. The molecule has 6 nitrogen and oxygen atoms in total. The monoisotopic (exact) mass is 586 g/mol. The molecular formula is C31H48Cl2O6. The van der Waals surface area contributed by atoms with Crippen LogP contribution in [0.25, 0.3) is 0 Å². The Hall–Kier alpha value is -2.44. The van der Waals surface area contributed by atoms with Crippen molar-refractivity contribution in [2.45, 2.75) is 97.8 Å². The van der Waals surface area contributed by atoms with Gasteiger partial charge in [-0.05, 0) is 43.5 Å². The maximum Gasteiger partial charge on any atom is 0.339 e. The molecule has 39 heavy (non-hydrogen) atoms. The quantitative estimate of drug-likeness (QED) is 0.150.